The van der Waals surface area contributed by atoms with Crippen LogP contribution >= 0.6 is 0 Å². The number of methoxy groups -OCH3 is 1. The summed E-state index contributed by atoms with van der Waals surface area (Å²) in [6, 6.07) is 8.28. The fourth-order valence-corrected chi connectivity index (χ4v) is 4.20. The lowest BCUT2D eigenvalue weighted by molar-refractivity contribution is -0.147. The zero-order valence-electron chi connectivity index (χ0n) is 18.1. The molecule has 1 amide bonds. The van der Waals surface area contributed by atoms with E-state index in [4.69, 9.17) is 4.74 Å². The Morgan fingerprint density at radius 1 is 1.14 bits per heavy atom. The minimum Gasteiger partial charge on any atom is -0.469 e. The molecule has 1 fully saturated rings. The number of carbonyl (C=O) groups is 2. The van der Waals surface area contributed by atoms with Crippen molar-refractivity contribution in [1.29, 1.82) is 0 Å². The molecule has 2 rings (SSSR count). The number of nitrogens with zero attached hydrogens (tertiary/aromatic N) is 1. The molecule has 1 atom stereocenters. The molecule has 0 bridgehead atoms. The molecule has 0 heterocycles. The van der Waals surface area contributed by atoms with Gasteiger partial charge in [-0.3, -0.25) is 9.59 Å². The highest BCUT2D eigenvalue weighted by molar-refractivity contribution is 5.80. The summed E-state index contributed by atoms with van der Waals surface area (Å²) < 4.78 is 4.88. The van der Waals surface area contributed by atoms with Gasteiger partial charge in [0.1, 0.15) is 0 Å². The van der Waals surface area contributed by atoms with Crippen LogP contribution in [0.15, 0.2) is 24.3 Å². The van der Waals surface area contributed by atoms with E-state index in [0.29, 0.717) is 13.1 Å². The predicted octanol–water partition coefficient (Wildman–Crippen LogP) is 5.13. The van der Waals surface area contributed by atoms with E-state index >= 15 is 0 Å². The van der Waals surface area contributed by atoms with Crippen molar-refractivity contribution in [2.45, 2.75) is 72.3 Å². The lowest BCUT2D eigenvalue weighted by Crippen LogP contribution is -2.41. The SMILES string of the molecule is CCCCC1CCC(C(=O)N(Cc2ccc(C)cc2)CC(C)C(=O)OC)CC1. The van der Waals surface area contributed by atoms with Gasteiger partial charge in [-0.15, -0.1) is 0 Å². The Labute approximate surface area is 170 Å². The number of benzene rings is 1. The first-order valence-electron chi connectivity index (χ1n) is 10.9. The van der Waals surface area contributed by atoms with Crippen LogP contribution in [0.2, 0.25) is 0 Å². The monoisotopic (exact) mass is 387 g/mol. The number of unbranched alkanes of at least 4 members (excludes halogenated alkanes) is 1. The van der Waals surface area contributed by atoms with Gasteiger partial charge in [-0.1, -0.05) is 62.9 Å². The van der Waals surface area contributed by atoms with Crippen molar-refractivity contribution in [3.63, 3.8) is 0 Å². The Hall–Kier alpha value is -1.84. The molecule has 1 unspecified atom stereocenters. The van der Waals surface area contributed by atoms with Crippen molar-refractivity contribution in [1.82, 2.24) is 4.90 Å². The second kappa shape index (κ2) is 11.2. The van der Waals surface area contributed by atoms with Crippen molar-refractivity contribution in [3.8, 4) is 0 Å². The topological polar surface area (TPSA) is 46.6 Å². The Bertz CT molecular complexity index is 617. The molecule has 0 radical (unpaired) electrons. The lowest BCUT2D eigenvalue weighted by atomic mass is 9.79. The molecule has 156 valence electrons. The van der Waals surface area contributed by atoms with Crippen molar-refractivity contribution < 1.29 is 14.3 Å². The third kappa shape index (κ3) is 6.65. The van der Waals surface area contributed by atoms with Crippen molar-refractivity contribution >= 4 is 11.9 Å². The quantitative estimate of drug-likeness (QED) is 0.552. The van der Waals surface area contributed by atoms with Gasteiger partial charge in [0.2, 0.25) is 5.91 Å². The highest BCUT2D eigenvalue weighted by atomic mass is 16.5. The smallest absolute Gasteiger partial charge is 0.310 e. The third-order valence-corrected chi connectivity index (χ3v) is 6.07. The minimum atomic E-state index is -0.319. The van der Waals surface area contributed by atoms with E-state index in [1.54, 1.807) is 0 Å². The highest BCUT2D eigenvalue weighted by Crippen LogP contribution is 2.33. The van der Waals surface area contributed by atoms with Crippen molar-refractivity contribution in [2.24, 2.45) is 17.8 Å². The first-order chi connectivity index (χ1) is 13.4. The Morgan fingerprint density at radius 2 is 1.79 bits per heavy atom. The summed E-state index contributed by atoms with van der Waals surface area (Å²) in [5.74, 6) is 0.493. The predicted molar refractivity (Wildman–Crippen MR) is 113 cm³/mol. The summed E-state index contributed by atoms with van der Waals surface area (Å²) in [6.45, 7) is 7.10. The van der Waals surface area contributed by atoms with E-state index in [2.05, 4.69) is 38.1 Å². The van der Waals surface area contributed by atoms with Crippen LogP contribution in [-0.4, -0.2) is 30.4 Å². The van der Waals surface area contributed by atoms with Gasteiger partial charge in [-0.25, -0.2) is 0 Å². The zero-order chi connectivity index (χ0) is 20.5. The molecule has 1 aliphatic rings. The summed E-state index contributed by atoms with van der Waals surface area (Å²) in [5.41, 5.74) is 2.31. The second-order valence-corrected chi connectivity index (χ2v) is 8.49. The molecule has 0 aromatic heterocycles. The van der Waals surface area contributed by atoms with Crippen LogP contribution in [-0.2, 0) is 20.9 Å². The van der Waals surface area contributed by atoms with Crippen LogP contribution in [0.5, 0.6) is 0 Å². The van der Waals surface area contributed by atoms with Crippen LogP contribution < -0.4 is 0 Å². The van der Waals surface area contributed by atoms with E-state index in [1.165, 1.54) is 31.9 Å². The van der Waals surface area contributed by atoms with E-state index in [-0.39, 0.29) is 23.7 Å². The van der Waals surface area contributed by atoms with Gasteiger partial charge in [0.25, 0.3) is 0 Å². The third-order valence-electron chi connectivity index (χ3n) is 6.07. The van der Waals surface area contributed by atoms with Gasteiger partial charge in [0.05, 0.1) is 13.0 Å². The maximum absolute atomic E-state index is 13.3. The molecule has 1 aromatic carbocycles. The number of hydrogen-bond donors (Lipinski definition) is 0. The van der Waals surface area contributed by atoms with Gasteiger partial charge >= 0.3 is 5.97 Å². The Balaban J connectivity index is 2.03. The molecule has 1 aliphatic carbocycles. The Kier molecular flexibility index (Phi) is 9.01. The zero-order valence-corrected chi connectivity index (χ0v) is 18.1. The molecule has 1 aromatic rings. The number of hydrogen-bond acceptors (Lipinski definition) is 3. The van der Waals surface area contributed by atoms with Crippen LogP contribution in [0, 0.1) is 24.7 Å². The number of ether oxygens (including phenoxy) is 1. The van der Waals surface area contributed by atoms with Gasteiger partial charge in [-0.2, -0.15) is 0 Å². The standard InChI is InChI=1S/C24H37NO3/c1-5-6-7-20-12-14-22(15-13-20)23(26)25(16-19(3)24(27)28-4)17-21-10-8-18(2)9-11-21/h8-11,19-20,22H,5-7,12-17H2,1-4H3. The molecule has 0 aliphatic heterocycles. The summed E-state index contributed by atoms with van der Waals surface area (Å²) in [7, 11) is 1.41. The first-order valence-corrected chi connectivity index (χ1v) is 10.9. The normalized spacial score (nSPS) is 20.4. The number of amides is 1. The number of rotatable bonds is 9. The fraction of sp³-hybridized carbons (Fsp3) is 0.667. The second-order valence-electron chi connectivity index (χ2n) is 8.49. The molecule has 0 spiro atoms. The van der Waals surface area contributed by atoms with Crippen LogP contribution in [0.4, 0.5) is 0 Å². The van der Waals surface area contributed by atoms with E-state index in [9.17, 15) is 9.59 Å². The summed E-state index contributed by atoms with van der Waals surface area (Å²) in [4.78, 5) is 27.1. The lowest BCUT2D eigenvalue weighted by Gasteiger charge is -2.33. The molecule has 0 N–H and O–H groups in total. The average molecular weight is 388 g/mol. The largest absolute Gasteiger partial charge is 0.469 e. The number of esters is 1. The molecule has 1 saturated carbocycles. The first kappa shape index (κ1) is 22.4. The van der Waals surface area contributed by atoms with Crippen LogP contribution in [0.1, 0.15) is 69.9 Å². The van der Waals surface area contributed by atoms with Gasteiger partial charge < -0.3 is 9.64 Å². The molecule has 0 saturated heterocycles. The Morgan fingerprint density at radius 3 is 2.36 bits per heavy atom. The van der Waals surface area contributed by atoms with Crippen LogP contribution in [0.3, 0.4) is 0 Å². The maximum Gasteiger partial charge on any atom is 0.310 e. The molecular weight excluding hydrogens is 350 g/mol. The molecule has 4 heteroatoms. The van der Waals surface area contributed by atoms with Crippen LogP contribution in [0.25, 0.3) is 0 Å². The van der Waals surface area contributed by atoms with Crippen molar-refractivity contribution in [3.05, 3.63) is 35.4 Å². The van der Waals surface area contributed by atoms with E-state index in [1.807, 2.05) is 11.8 Å². The summed E-state index contributed by atoms with van der Waals surface area (Å²) in [6.07, 6.45) is 8.09. The fourth-order valence-electron chi connectivity index (χ4n) is 4.20. The highest BCUT2D eigenvalue weighted by Gasteiger charge is 2.31. The van der Waals surface area contributed by atoms with E-state index in [0.717, 1.165) is 37.2 Å². The van der Waals surface area contributed by atoms with E-state index < -0.39 is 0 Å². The number of aryl methyl sites for hydroxylation is 1. The molecular formula is C24H37NO3. The summed E-state index contributed by atoms with van der Waals surface area (Å²) in [5, 5.41) is 0. The molecule has 4 nitrogen and oxygen atoms in total. The van der Waals surface area contributed by atoms with Crippen molar-refractivity contribution in [2.75, 3.05) is 13.7 Å². The van der Waals surface area contributed by atoms with Gasteiger partial charge in [0, 0.05) is 19.0 Å². The van der Waals surface area contributed by atoms with Gasteiger partial charge in [-0.05, 0) is 44.1 Å². The molecule has 28 heavy (non-hydrogen) atoms. The summed E-state index contributed by atoms with van der Waals surface area (Å²) >= 11 is 0. The minimum absolute atomic E-state index is 0.0909. The maximum atomic E-state index is 13.3. The number of carbonyl (C=O) groups excluding carboxylic acids is 2. The van der Waals surface area contributed by atoms with Gasteiger partial charge in [0.15, 0.2) is 0 Å². The average Bonchev–Trinajstić information content (AvgIpc) is 2.72.